The van der Waals surface area contributed by atoms with Gasteiger partial charge in [0.2, 0.25) is 0 Å². The molecule has 0 radical (unpaired) electrons. The van der Waals surface area contributed by atoms with Crippen LogP contribution in [0.5, 0.6) is 0 Å². The summed E-state index contributed by atoms with van der Waals surface area (Å²) in [5.41, 5.74) is 1.03. The summed E-state index contributed by atoms with van der Waals surface area (Å²) >= 11 is 0. The van der Waals surface area contributed by atoms with Gasteiger partial charge in [0.05, 0.1) is 6.20 Å². The Morgan fingerprint density at radius 2 is 1.83 bits per heavy atom. The molecule has 0 spiro atoms. The number of piperazine rings is 1. The number of hydrogen-bond donors (Lipinski definition) is 1. The summed E-state index contributed by atoms with van der Waals surface area (Å²) in [7, 11) is 0. The van der Waals surface area contributed by atoms with E-state index in [9.17, 15) is 9.59 Å². The van der Waals surface area contributed by atoms with Crippen LogP contribution >= 0.6 is 0 Å². The number of nitrogens with one attached hydrogen (secondary N) is 1. The molecule has 8 nitrogen and oxygen atoms in total. The van der Waals surface area contributed by atoms with Crippen LogP contribution < -0.4 is 5.32 Å². The van der Waals surface area contributed by atoms with Crippen LogP contribution in [0, 0.1) is 0 Å². The lowest BCUT2D eigenvalue weighted by Gasteiger charge is -2.35. The largest absolute Gasteiger partial charge is 0.444 e. The third kappa shape index (κ3) is 6.32. The molecule has 2 heterocycles. The van der Waals surface area contributed by atoms with E-state index in [-0.39, 0.29) is 12.0 Å². The van der Waals surface area contributed by atoms with Crippen LogP contribution in [0.15, 0.2) is 41.3 Å². The van der Waals surface area contributed by atoms with Crippen molar-refractivity contribution < 1.29 is 18.7 Å². The highest BCUT2D eigenvalue weighted by molar-refractivity contribution is 5.94. The maximum absolute atomic E-state index is 12.3. The molecule has 0 saturated carbocycles. The molecule has 162 valence electrons. The molecule has 30 heavy (non-hydrogen) atoms. The van der Waals surface area contributed by atoms with Crippen molar-refractivity contribution in [1.82, 2.24) is 20.1 Å². The molecule has 0 atom stereocenters. The zero-order valence-corrected chi connectivity index (χ0v) is 17.9. The lowest BCUT2D eigenvalue weighted by molar-refractivity contribution is 0.0144. The van der Waals surface area contributed by atoms with Crippen molar-refractivity contribution in [3.8, 4) is 11.3 Å². The first kappa shape index (κ1) is 21.8. The van der Waals surface area contributed by atoms with Crippen molar-refractivity contribution in [2.24, 2.45) is 0 Å². The molecule has 3 rings (SSSR count). The van der Waals surface area contributed by atoms with E-state index in [1.807, 2.05) is 32.9 Å². The molecule has 1 aliphatic rings. The van der Waals surface area contributed by atoms with Gasteiger partial charge in [-0.25, -0.2) is 9.78 Å². The Morgan fingerprint density at radius 3 is 2.43 bits per heavy atom. The normalized spacial score (nSPS) is 15.1. The smallest absolute Gasteiger partial charge is 0.410 e. The van der Waals surface area contributed by atoms with Crippen LogP contribution in [-0.4, -0.2) is 71.7 Å². The minimum Gasteiger partial charge on any atom is -0.444 e. The first-order valence-corrected chi connectivity index (χ1v) is 10.3. The maximum atomic E-state index is 12.3. The van der Waals surface area contributed by atoms with Gasteiger partial charge >= 0.3 is 6.09 Å². The fourth-order valence-corrected chi connectivity index (χ4v) is 3.23. The Morgan fingerprint density at radius 1 is 1.13 bits per heavy atom. The van der Waals surface area contributed by atoms with Gasteiger partial charge < -0.3 is 19.4 Å². The molecule has 2 amide bonds. The Balaban J connectivity index is 1.33. The van der Waals surface area contributed by atoms with Crippen LogP contribution in [-0.2, 0) is 4.74 Å². The summed E-state index contributed by atoms with van der Waals surface area (Å²) in [4.78, 5) is 32.4. The van der Waals surface area contributed by atoms with Crippen molar-refractivity contribution in [1.29, 1.82) is 0 Å². The van der Waals surface area contributed by atoms with Gasteiger partial charge in [-0.3, -0.25) is 9.69 Å². The standard InChI is InChI=1S/C22H30N4O4/c1-22(2,3)30-21(28)26-13-11-25(12-14-26)10-4-9-24-20(27)18-7-5-17(6-8-18)19-15-23-16-29-19/h5-8,15-16H,4,9-14H2,1-3H3,(H,24,27). The number of rotatable bonds is 6. The lowest BCUT2D eigenvalue weighted by Crippen LogP contribution is -2.50. The zero-order chi connectivity index (χ0) is 21.6. The van der Waals surface area contributed by atoms with Gasteiger partial charge in [0.25, 0.3) is 5.91 Å². The molecule has 1 aliphatic heterocycles. The van der Waals surface area contributed by atoms with E-state index in [0.717, 1.165) is 31.6 Å². The second kappa shape index (κ2) is 9.75. The second-order valence-corrected chi connectivity index (χ2v) is 8.36. The summed E-state index contributed by atoms with van der Waals surface area (Å²) in [6.45, 7) is 10.1. The van der Waals surface area contributed by atoms with Crippen LogP contribution in [0.4, 0.5) is 4.79 Å². The van der Waals surface area contributed by atoms with Crippen LogP contribution in [0.2, 0.25) is 0 Å². The number of carbonyl (C=O) groups is 2. The van der Waals surface area contributed by atoms with E-state index in [2.05, 4.69) is 15.2 Å². The van der Waals surface area contributed by atoms with E-state index in [1.165, 1.54) is 6.39 Å². The molecule has 1 aromatic heterocycles. The zero-order valence-electron chi connectivity index (χ0n) is 17.9. The van der Waals surface area contributed by atoms with Gasteiger partial charge in [0, 0.05) is 43.9 Å². The van der Waals surface area contributed by atoms with Gasteiger partial charge in [0.1, 0.15) is 5.60 Å². The number of oxazole rings is 1. The highest BCUT2D eigenvalue weighted by atomic mass is 16.6. The van der Waals surface area contributed by atoms with E-state index in [4.69, 9.17) is 9.15 Å². The van der Waals surface area contributed by atoms with Crippen LogP contribution in [0.3, 0.4) is 0 Å². The van der Waals surface area contributed by atoms with Crippen molar-refractivity contribution in [2.75, 3.05) is 39.3 Å². The van der Waals surface area contributed by atoms with Crippen LogP contribution in [0.25, 0.3) is 11.3 Å². The number of ether oxygens (including phenoxy) is 1. The second-order valence-electron chi connectivity index (χ2n) is 8.36. The van der Waals surface area contributed by atoms with Gasteiger partial charge in [-0.15, -0.1) is 0 Å². The van der Waals surface area contributed by atoms with Crippen molar-refractivity contribution >= 4 is 12.0 Å². The van der Waals surface area contributed by atoms with E-state index < -0.39 is 5.60 Å². The van der Waals surface area contributed by atoms with Crippen LogP contribution in [0.1, 0.15) is 37.6 Å². The summed E-state index contributed by atoms with van der Waals surface area (Å²) in [5, 5.41) is 2.96. The number of aromatic nitrogens is 1. The highest BCUT2D eigenvalue weighted by Crippen LogP contribution is 2.18. The molecule has 0 unspecified atom stereocenters. The molecule has 0 bridgehead atoms. The number of carbonyl (C=O) groups excluding carboxylic acids is 2. The number of amides is 2. The monoisotopic (exact) mass is 414 g/mol. The van der Waals surface area contributed by atoms with E-state index >= 15 is 0 Å². The first-order valence-electron chi connectivity index (χ1n) is 10.3. The molecule has 2 aromatic rings. The van der Waals surface area contributed by atoms with Crippen molar-refractivity contribution in [3.63, 3.8) is 0 Å². The molecule has 1 saturated heterocycles. The number of benzene rings is 1. The molecule has 8 heteroatoms. The summed E-state index contributed by atoms with van der Waals surface area (Å²) in [6, 6.07) is 7.26. The quantitative estimate of drug-likeness (QED) is 0.731. The topological polar surface area (TPSA) is 87.9 Å². The molecule has 1 aromatic carbocycles. The van der Waals surface area contributed by atoms with Gasteiger partial charge in [-0.1, -0.05) is 12.1 Å². The summed E-state index contributed by atoms with van der Waals surface area (Å²) < 4.78 is 10.7. The maximum Gasteiger partial charge on any atom is 0.410 e. The van der Waals surface area contributed by atoms with Gasteiger partial charge in [-0.2, -0.15) is 0 Å². The highest BCUT2D eigenvalue weighted by Gasteiger charge is 2.25. The Labute approximate surface area is 177 Å². The minimum absolute atomic E-state index is 0.0890. The third-order valence-electron chi connectivity index (χ3n) is 4.82. The lowest BCUT2D eigenvalue weighted by atomic mass is 10.1. The Bertz CT molecular complexity index is 820. The fraction of sp³-hybridized carbons (Fsp3) is 0.500. The van der Waals surface area contributed by atoms with Gasteiger partial charge in [0.15, 0.2) is 12.2 Å². The molecule has 0 aliphatic carbocycles. The predicted octanol–water partition coefficient (Wildman–Crippen LogP) is 3.01. The van der Waals surface area contributed by atoms with Crippen molar-refractivity contribution in [2.45, 2.75) is 32.8 Å². The molecular weight excluding hydrogens is 384 g/mol. The minimum atomic E-state index is -0.470. The first-order chi connectivity index (χ1) is 14.3. The summed E-state index contributed by atoms with van der Waals surface area (Å²) in [6.07, 6.45) is 3.63. The molecule has 1 N–H and O–H groups in total. The Hall–Kier alpha value is -2.87. The van der Waals surface area contributed by atoms with E-state index in [1.54, 1.807) is 23.2 Å². The SMILES string of the molecule is CC(C)(C)OC(=O)N1CCN(CCCNC(=O)c2ccc(-c3cnco3)cc2)CC1. The average Bonchev–Trinajstić information content (AvgIpc) is 3.25. The Kier molecular flexibility index (Phi) is 7.10. The third-order valence-corrected chi connectivity index (χ3v) is 4.82. The number of hydrogen-bond acceptors (Lipinski definition) is 6. The van der Waals surface area contributed by atoms with Gasteiger partial charge in [-0.05, 0) is 45.9 Å². The fourth-order valence-electron chi connectivity index (χ4n) is 3.23. The van der Waals surface area contributed by atoms with E-state index in [0.29, 0.717) is 31.0 Å². The predicted molar refractivity (Wildman–Crippen MR) is 113 cm³/mol. The molecular formula is C22H30N4O4. The summed E-state index contributed by atoms with van der Waals surface area (Å²) in [5.74, 6) is 0.586. The molecule has 1 fully saturated rings. The number of nitrogens with zero attached hydrogens (tertiary/aromatic N) is 3. The average molecular weight is 415 g/mol. The van der Waals surface area contributed by atoms with Crippen molar-refractivity contribution in [3.05, 3.63) is 42.4 Å².